The van der Waals surface area contributed by atoms with Gasteiger partial charge in [0.1, 0.15) is 0 Å². The van der Waals surface area contributed by atoms with Crippen LogP contribution in [0.25, 0.3) is 0 Å². The Morgan fingerprint density at radius 1 is 1.22 bits per heavy atom. The van der Waals surface area contributed by atoms with E-state index < -0.39 is 0 Å². The summed E-state index contributed by atoms with van der Waals surface area (Å²) in [4.78, 5) is 14.7. The van der Waals surface area contributed by atoms with Crippen LogP contribution in [0.3, 0.4) is 0 Å². The van der Waals surface area contributed by atoms with Gasteiger partial charge in [-0.05, 0) is 31.4 Å². The van der Waals surface area contributed by atoms with Crippen LogP contribution in [0.4, 0.5) is 11.9 Å². The van der Waals surface area contributed by atoms with Gasteiger partial charge >= 0.3 is 0 Å². The number of rotatable bonds is 7. The van der Waals surface area contributed by atoms with Gasteiger partial charge in [-0.2, -0.15) is 15.0 Å². The average molecular weight is 272 g/mol. The van der Waals surface area contributed by atoms with E-state index in [0.29, 0.717) is 17.9 Å². The molecule has 1 unspecified atom stereocenters. The summed E-state index contributed by atoms with van der Waals surface area (Å²) >= 11 is 5.93. The zero-order valence-corrected chi connectivity index (χ0v) is 12.3. The Kier molecular flexibility index (Phi) is 6.12. The molecule has 0 fully saturated rings. The molecule has 0 aliphatic rings. The number of nitrogens with one attached hydrogen (secondary N) is 1. The van der Waals surface area contributed by atoms with Gasteiger partial charge in [0.25, 0.3) is 0 Å². The molecular formula is C12H22ClN5. The van der Waals surface area contributed by atoms with Crippen LogP contribution in [-0.2, 0) is 0 Å². The molecule has 0 amide bonds. The number of halogens is 1. The minimum absolute atomic E-state index is 0.231. The molecule has 1 N–H and O–H groups in total. The number of hydrogen-bond donors (Lipinski definition) is 1. The van der Waals surface area contributed by atoms with Crippen molar-refractivity contribution < 1.29 is 0 Å². The Morgan fingerprint density at radius 2 is 1.94 bits per heavy atom. The molecule has 1 rings (SSSR count). The van der Waals surface area contributed by atoms with Crippen LogP contribution in [0, 0.1) is 0 Å². The molecule has 102 valence electrons. The maximum Gasteiger partial charge on any atom is 0.231 e. The molecule has 1 aromatic heterocycles. The first-order chi connectivity index (χ1) is 8.58. The molecule has 5 nitrogen and oxygen atoms in total. The first-order valence-corrected chi connectivity index (χ1v) is 6.84. The lowest BCUT2D eigenvalue weighted by atomic mass is 10.2. The normalized spacial score (nSPS) is 12.3. The fraction of sp³-hybridized carbons (Fsp3) is 0.750. The van der Waals surface area contributed by atoms with Crippen molar-refractivity contribution in [3.63, 3.8) is 0 Å². The van der Waals surface area contributed by atoms with Crippen molar-refractivity contribution in [3.8, 4) is 0 Å². The van der Waals surface area contributed by atoms with Gasteiger partial charge in [0.05, 0.1) is 0 Å². The van der Waals surface area contributed by atoms with Crippen molar-refractivity contribution in [2.75, 3.05) is 23.8 Å². The maximum absolute atomic E-state index is 5.93. The highest BCUT2D eigenvalue weighted by atomic mass is 35.5. The van der Waals surface area contributed by atoms with Gasteiger partial charge in [-0.25, -0.2) is 0 Å². The molecule has 1 heterocycles. The molecule has 1 aromatic rings. The Hall–Kier alpha value is -1.10. The Balaban J connectivity index is 2.84. The summed E-state index contributed by atoms with van der Waals surface area (Å²) in [7, 11) is 1.98. The van der Waals surface area contributed by atoms with Crippen molar-refractivity contribution in [2.24, 2.45) is 0 Å². The fourth-order valence-electron chi connectivity index (χ4n) is 1.62. The van der Waals surface area contributed by atoms with E-state index in [1.807, 2.05) is 11.9 Å². The largest absolute Gasteiger partial charge is 0.354 e. The number of hydrogen-bond acceptors (Lipinski definition) is 5. The highest BCUT2D eigenvalue weighted by Crippen LogP contribution is 2.16. The van der Waals surface area contributed by atoms with Crippen molar-refractivity contribution in [3.05, 3.63) is 5.28 Å². The number of aromatic nitrogens is 3. The SMILES string of the molecule is CCCNc1nc(Cl)nc(N(C)C(C)CCC)n1. The van der Waals surface area contributed by atoms with Gasteiger partial charge in [-0.15, -0.1) is 0 Å². The van der Waals surface area contributed by atoms with Crippen LogP contribution >= 0.6 is 11.6 Å². The monoisotopic (exact) mass is 271 g/mol. The van der Waals surface area contributed by atoms with E-state index in [1.54, 1.807) is 0 Å². The second-order valence-corrected chi connectivity index (χ2v) is 4.74. The first-order valence-electron chi connectivity index (χ1n) is 6.46. The van der Waals surface area contributed by atoms with Crippen LogP contribution < -0.4 is 10.2 Å². The zero-order chi connectivity index (χ0) is 13.5. The predicted molar refractivity (Wildman–Crippen MR) is 76.4 cm³/mol. The van der Waals surface area contributed by atoms with E-state index in [4.69, 9.17) is 11.6 Å². The Bertz CT molecular complexity index is 371. The van der Waals surface area contributed by atoms with E-state index in [9.17, 15) is 0 Å². The summed E-state index contributed by atoms with van der Waals surface area (Å²) in [6.45, 7) is 7.24. The molecule has 0 aliphatic heterocycles. The fourth-order valence-corrected chi connectivity index (χ4v) is 1.78. The van der Waals surface area contributed by atoms with E-state index in [0.717, 1.165) is 25.8 Å². The van der Waals surface area contributed by atoms with Gasteiger partial charge in [0.2, 0.25) is 17.2 Å². The van der Waals surface area contributed by atoms with Crippen LogP contribution in [0.2, 0.25) is 5.28 Å². The topological polar surface area (TPSA) is 53.9 Å². The molecule has 0 aliphatic carbocycles. The summed E-state index contributed by atoms with van der Waals surface area (Å²) in [5.74, 6) is 1.16. The first kappa shape index (κ1) is 15.0. The third-order valence-electron chi connectivity index (χ3n) is 2.81. The summed E-state index contributed by atoms with van der Waals surface area (Å²) in [6.07, 6.45) is 3.24. The summed E-state index contributed by atoms with van der Waals surface area (Å²) in [5.41, 5.74) is 0. The Morgan fingerprint density at radius 3 is 2.56 bits per heavy atom. The minimum Gasteiger partial charge on any atom is -0.354 e. The molecule has 6 heteroatoms. The lowest BCUT2D eigenvalue weighted by Crippen LogP contribution is -2.30. The summed E-state index contributed by atoms with van der Waals surface area (Å²) < 4.78 is 0. The van der Waals surface area contributed by atoms with Crippen LogP contribution in [0.1, 0.15) is 40.0 Å². The van der Waals surface area contributed by atoms with Crippen molar-refractivity contribution >= 4 is 23.5 Å². The third kappa shape index (κ3) is 4.29. The maximum atomic E-state index is 5.93. The average Bonchev–Trinajstić information content (AvgIpc) is 2.35. The van der Waals surface area contributed by atoms with E-state index >= 15 is 0 Å². The van der Waals surface area contributed by atoms with Crippen molar-refractivity contribution in [1.82, 2.24) is 15.0 Å². The van der Waals surface area contributed by atoms with Crippen LogP contribution in [-0.4, -0.2) is 34.6 Å². The molecule has 0 aromatic carbocycles. The van der Waals surface area contributed by atoms with Gasteiger partial charge < -0.3 is 10.2 Å². The smallest absolute Gasteiger partial charge is 0.231 e. The highest BCUT2D eigenvalue weighted by Gasteiger charge is 2.14. The van der Waals surface area contributed by atoms with Crippen molar-refractivity contribution in [2.45, 2.75) is 46.1 Å². The molecule has 0 saturated carbocycles. The number of anilines is 2. The molecule has 0 saturated heterocycles. The zero-order valence-electron chi connectivity index (χ0n) is 11.6. The Labute approximate surface area is 114 Å². The van der Waals surface area contributed by atoms with Gasteiger partial charge in [-0.1, -0.05) is 20.3 Å². The lowest BCUT2D eigenvalue weighted by molar-refractivity contribution is 0.604. The van der Waals surface area contributed by atoms with Crippen LogP contribution in [0.15, 0.2) is 0 Å². The molecular weight excluding hydrogens is 250 g/mol. The molecule has 0 bridgehead atoms. The summed E-state index contributed by atoms with van der Waals surface area (Å²) in [6, 6.07) is 0.382. The lowest BCUT2D eigenvalue weighted by Gasteiger charge is -2.24. The molecule has 18 heavy (non-hydrogen) atoms. The third-order valence-corrected chi connectivity index (χ3v) is 2.98. The molecule has 0 spiro atoms. The van der Waals surface area contributed by atoms with Crippen LogP contribution in [0.5, 0.6) is 0 Å². The summed E-state index contributed by atoms with van der Waals surface area (Å²) in [5, 5.41) is 3.36. The van der Waals surface area contributed by atoms with E-state index in [-0.39, 0.29) is 5.28 Å². The standard InChI is InChI=1S/C12H22ClN5/c1-5-7-9(3)18(4)12-16-10(13)15-11(17-12)14-8-6-2/h9H,5-8H2,1-4H3,(H,14,15,16,17). The van der Waals surface area contributed by atoms with E-state index in [1.165, 1.54) is 0 Å². The van der Waals surface area contributed by atoms with Gasteiger partial charge in [0.15, 0.2) is 0 Å². The quantitative estimate of drug-likeness (QED) is 0.826. The van der Waals surface area contributed by atoms with Crippen molar-refractivity contribution in [1.29, 1.82) is 0 Å². The second kappa shape index (κ2) is 7.36. The molecule has 0 radical (unpaired) electrons. The molecule has 1 atom stereocenters. The minimum atomic E-state index is 0.231. The predicted octanol–water partition coefficient (Wildman–Crippen LogP) is 2.97. The highest BCUT2D eigenvalue weighted by molar-refractivity contribution is 6.28. The van der Waals surface area contributed by atoms with E-state index in [2.05, 4.69) is 41.0 Å². The van der Waals surface area contributed by atoms with Gasteiger partial charge in [0, 0.05) is 19.6 Å². The van der Waals surface area contributed by atoms with Gasteiger partial charge in [-0.3, -0.25) is 0 Å². The second-order valence-electron chi connectivity index (χ2n) is 4.40. The number of nitrogens with zero attached hydrogens (tertiary/aromatic N) is 4.